The third-order valence-corrected chi connectivity index (χ3v) is 3.28. The van der Waals surface area contributed by atoms with E-state index in [0.29, 0.717) is 12.6 Å². The third kappa shape index (κ3) is 3.91. The first-order valence-corrected chi connectivity index (χ1v) is 6.54. The summed E-state index contributed by atoms with van der Waals surface area (Å²) in [5, 5.41) is 3.26. The molecule has 0 aliphatic carbocycles. The van der Waals surface area contributed by atoms with Gasteiger partial charge in [-0.2, -0.15) is 8.42 Å². The van der Waals surface area contributed by atoms with Gasteiger partial charge >= 0.3 is 0 Å². The molecular weight excluding hydrogens is 204 g/mol. The van der Waals surface area contributed by atoms with Gasteiger partial charge in [-0.25, -0.2) is 0 Å². The number of nitrogens with one attached hydrogen (secondary N) is 1. The molecule has 5 nitrogen and oxygen atoms in total. The van der Waals surface area contributed by atoms with E-state index in [1.807, 2.05) is 0 Å². The van der Waals surface area contributed by atoms with E-state index in [4.69, 9.17) is 4.55 Å². The summed E-state index contributed by atoms with van der Waals surface area (Å²) in [6, 6.07) is 0.394. The van der Waals surface area contributed by atoms with Crippen molar-refractivity contribution in [3.05, 3.63) is 0 Å². The second-order valence-corrected chi connectivity index (χ2v) is 5.16. The highest BCUT2D eigenvalue weighted by atomic mass is 32.2. The van der Waals surface area contributed by atoms with Crippen LogP contribution in [0.5, 0.6) is 0 Å². The smallest absolute Gasteiger partial charge is 0.266 e. The summed E-state index contributed by atoms with van der Waals surface area (Å²) < 4.78 is 29.8. The van der Waals surface area contributed by atoms with E-state index in [9.17, 15) is 8.42 Å². The van der Waals surface area contributed by atoms with Crippen molar-refractivity contribution in [1.82, 2.24) is 10.2 Å². The topological polar surface area (TPSA) is 69.6 Å². The molecule has 0 radical (unpaired) electrons. The van der Waals surface area contributed by atoms with Crippen LogP contribution < -0.4 is 5.32 Å². The zero-order valence-corrected chi connectivity index (χ0v) is 9.26. The normalized spacial score (nSPS) is 25.1. The maximum Gasteiger partial charge on any atom is 0.266 e. The molecule has 0 saturated carbocycles. The number of nitrogens with zero attached hydrogens (tertiary/aromatic N) is 1. The molecule has 0 amide bonds. The van der Waals surface area contributed by atoms with Crippen molar-refractivity contribution in [3.8, 4) is 0 Å². The van der Waals surface area contributed by atoms with Gasteiger partial charge in [0.1, 0.15) is 0 Å². The van der Waals surface area contributed by atoms with Gasteiger partial charge in [0.15, 0.2) is 0 Å². The van der Waals surface area contributed by atoms with Crippen LogP contribution in [0, 0.1) is 0 Å². The van der Waals surface area contributed by atoms with Crippen LogP contribution in [0.3, 0.4) is 0 Å². The highest BCUT2D eigenvalue weighted by Crippen LogP contribution is 2.06. The Morgan fingerprint density at radius 1 is 1.57 bits per heavy atom. The van der Waals surface area contributed by atoms with E-state index in [0.717, 1.165) is 26.1 Å². The van der Waals surface area contributed by atoms with Crippen molar-refractivity contribution in [1.29, 1.82) is 0 Å². The van der Waals surface area contributed by atoms with E-state index >= 15 is 0 Å². The molecule has 14 heavy (non-hydrogen) atoms. The molecule has 1 saturated heterocycles. The van der Waals surface area contributed by atoms with E-state index in [1.165, 1.54) is 0 Å². The summed E-state index contributed by atoms with van der Waals surface area (Å²) in [5.74, 6) is -0.163. The van der Waals surface area contributed by atoms with E-state index < -0.39 is 10.1 Å². The molecular formula is C8H18N2O3S. The number of hydrogen-bond donors (Lipinski definition) is 2. The summed E-state index contributed by atoms with van der Waals surface area (Å²) in [4.78, 5) is 2.12. The van der Waals surface area contributed by atoms with Gasteiger partial charge in [0.2, 0.25) is 0 Å². The zero-order valence-electron chi connectivity index (χ0n) is 8.44. The fourth-order valence-electron chi connectivity index (χ4n) is 1.73. The number of piperazine rings is 1. The van der Waals surface area contributed by atoms with Gasteiger partial charge < -0.3 is 5.32 Å². The summed E-state index contributed by atoms with van der Waals surface area (Å²) in [6.07, 6.45) is 0.998. The van der Waals surface area contributed by atoms with Crippen LogP contribution >= 0.6 is 0 Å². The molecule has 1 fully saturated rings. The Morgan fingerprint density at radius 3 is 2.86 bits per heavy atom. The quantitative estimate of drug-likeness (QED) is 0.631. The molecule has 6 heteroatoms. The van der Waals surface area contributed by atoms with Crippen molar-refractivity contribution in [3.63, 3.8) is 0 Å². The summed E-state index contributed by atoms with van der Waals surface area (Å²) in [6.45, 7) is 5.16. The maximum atomic E-state index is 10.6. The maximum absolute atomic E-state index is 10.6. The Bertz CT molecular complexity index is 266. The Kier molecular flexibility index (Phi) is 4.31. The van der Waals surface area contributed by atoms with Gasteiger partial charge in [0.05, 0.1) is 5.75 Å². The number of hydrogen-bond acceptors (Lipinski definition) is 4. The standard InChI is InChI=1S/C8H18N2O3S/c1-2-8-7-9-3-4-10(8)5-6-14(11,12)13/h8-9H,2-7H2,1H3,(H,11,12,13). The van der Waals surface area contributed by atoms with Crippen LogP contribution in [0.1, 0.15) is 13.3 Å². The van der Waals surface area contributed by atoms with Gasteiger partial charge in [-0.05, 0) is 6.42 Å². The lowest BCUT2D eigenvalue weighted by Gasteiger charge is -2.35. The predicted molar refractivity (Wildman–Crippen MR) is 54.9 cm³/mol. The van der Waals surface area contributed by atoms with Crippen LogP contribution in [-0.4, -0.2) is 55.8 Å². The molecule has 1 aliphatic rings. The number of rotatable bonds is 4. The molecule has 1 unspecified atom stereocenters. The van der Waals surface area contributed by atoms with E-state index in [-0.39, 0.29) is 5.75 Å². The van der Waals surface area contributed by atoms with Crippen molar-refractivity contribution in [2.24, 2.45) is 0 Å². The summed E-state index contributed by atoms with van der Waals surface area (Å²) in [5.41, 5.74) is 0. The van der Waals surface area contributed by atoms with Crippen LogP contribution in [0.25, 0.3) is 0 Å². The predicted octanol–water partition coefficient (Wildman–Crippen LogP) is -0.442. The molecule has 0 bridgehead atoms. The molecule has 1 rings (SSSR count). The minimum absolute atomic E-state index is 0.163. The summed E-state index contributed by atoms with van der Waals surface area (Å²) >= 11 is 0. The molecule has 1 heterocycles. The monoisotopic (exact) mass is 222 g/mol. The average Bonchev–Trinajstić information content (AvgIpc) is 2.14. The molecule has 0 aromatic rings. The first kappa shape index (κ1) is 11.9. The Labute approximate surface area is 85.2 Å². The molecule has 0 aromatic heterocycles. The second kappa shape index (κ2) is 5.06. The van der Waals surface area contributed by atoms with Crippen LogP contribution in [0.4, 0.5) is 0 Å². The van der Waals surface area contributed by atoms with Gasteiger partial charge in [-0.15, -0.1) is 0 Å². The van der Waals surface area contributed by atoms with Crippen LogP contribution in [0.15, 0.2) is 0 Å². The Hall–Kier alpha value is -0.170. The fourth-order valence-corrected chi connectivity index (χ4v) is 2.20. The summed E-state index contributed by atoms with van der Waals surface area (Å²) in [7, 11) is -3.82. The van der Waals surface area contributed by atoms with E-state index in [1.54, 1.807) is 0 Å². The minimum atomic E-state index is -3.82. The third-order valence-electron chi connectivity index (χ3n) is 2.58. The lowest BCUT2D eigenvalue weighted by atomic mass is 10.1. The van der Waals surface area contributed by atoms with Crippen molar-refractivity contribution < 1.29 is 13.0 Å². The van der Waals surface area contributed by atoms with Gasteiger partial charge in [-0.3, -0.25) is 9.45 Å². The van der Waals surface area contributed by atoms with Crippen LogP contribution in [-0.2, 0) is 10.1 Å². The Balaban J connectivity index is 2.41. The molecule has 2 N–H and O–H groups in total. The average molecular weight is 222 g/mol. The molecule has 1 aliphatic heterocycles. The largest absolute Gasteiger partial charge is 0.314 e. The molecule has 0 spiro atoms. The first-order chi connectivity index (χ1) is 6.53. The van der Waals surface area contributed by atoms with Crippen molar-refractivity contribution in [2.75, 3.05) is 31.9 Å². The van der Waals surface area contributed by atoms with Gasteiger partial charge in [0, 0.05) is 32.2 Å². The van der Waals surface area contributed by atoms with Gasteiger partial charge in [0.25, 0.3) is 10.1 Å². The van der Waals surface area contributed by atoms with Gasteiger partial charge in [-0.1, -0.05) is 6.92 Å². The SMILES string of the molecule is CCC1CNCCN1CCS(=O)(=O)O. The first-order valence-electron chi connectivity index (χ1n) is 4.93. The lowest BCUT2D eigenvalue weighted by Crippen LogP contribution is -2.52. The second-order valence-electron chi connectivity index (χ2n) is 3.59. The van der Waals surface area contributed by atoms with Crippen molar-refractivity contribution >= 4 is 10.1 Å². The fraction of sp³-hybridized carbons (Fsp3) is 1.00. The van der Waals surface area contributed by atoms with E-state index in [2.05, 4.69) is 17.1 Å². The molecule has 1 atom stereocenters. The lowest BCUT2D eigenvalue weighted by molar-refractivity contribution is 0.165. The highest BCUT2D eigenvalue weighted by molar-refractivity contribution is 7.85. The molecule has 84 valence electrons. The highest BCUT2D eigenvalue weighted by Gasteiger charge is 2.21. The Morgan fingerprint density at radius 2 is 2.29 bits per heavy atom. The zero-order chi connectivity index (χ0) is 10.6. The van der Waals surface area contributed by atoms with Crippen molar-refractivity contribution in [2.45, 2.75) is 19.4 Å². The minimum Gasteiger partial charge on any atom is -0.314 e. The molecule has 0 aromatic carbocycles. The van der Waals surface area contributed by atoms with Crippen LogP contribution in [0.2, 0.25) is 0 Å².